The minimum atomic E-state index is -0.153. The molecule has 0 aliphatic heterocycles. The molecule has 2 aromatic rings. The third-order valence-electron chi connectivity index (χ3n) is 3.74. The number of para-hydroxylation sites is 1. The molecule has 0 aliphatic rings. The smallest absolute Gasteiger partial charge is 0.240 e. The summed E-state index contributed by atoms with van der Waals surface area (Å²) in [7, 11) is 1.60. The molecule has 0 saturated heterocycles. The van der Waals surface area contributed by atoms with Gasteiger partial charge >= 0.3 is 0 Å². The van der Waals surface area contributed by atoms with E-state index in [9.17, 15) is 4.79 Å². The molecule has 6 heteroatoms. The molecule has 0 saturated carbocycles. The quantitative estimate of drug-likeness (QED) is 0.374. The van der Waals surface area contributed by atoms with Crippen LogP contribution in [0.25, 0.3) is 0 Å². The van der Waals surface area contributed by atoms with Crippen LogP contribution in [0.15, 0.2) is 52.0 Å². The average Bonchev–Trinajstić information content (AvgIpc) is 2.66. The first-order valence-corrected chi connectivity index (χ1v) is 9.29. The van der Waals surface area contributed by atoms with E-state index >= 15 is 0 Å². The van der Waals surface area contributed by atoms with Gasteiger partial charge in [0.05, 0.1) is 24.4 Å². The minimum Gasteiger partial charge on any atom is -0.496 e. The van der Waals surface area contributed by atoms with Crippen molar-refractivity contribution >= 4 is 28.1 Å². The Balaban J connectivity index is 1.71. The molecule has 0 spiro atoms. The SMILES string of the molecule is CCc1ccc(OCCCC(=O)N/N=C/c2ccccc2OC)c(Br)c1. The molecule has 0 unspecified atom stereocenters. The summed E-state index contributed by atoms with van der Waals surface area (Å²) in [6, 6.07) is 13.5. The second-order valence-corrected chi connectivity index (χ2v) is 6.46. The molecular weight excluding hydrogens is 396 g/mol. The van der Waals surface area contributed by atoms with Gasteiger partial charge in [0.1, 0.15) is 11.5 Å². The van der Waals surface area contributed by atoms with E-state index in [1.54, 1.807) is 13.3 Å². The first-order valence-electron chi connectivity index (χ1n) is 8.50. The van der Waals surface area contributed by atoms with E-state index in [1.807, 2.05) is 36.4 Å². The molecule has 0 heterocycles. The molecule has 0 fully saturated rings. The Morgan fingerprint density at radius 3 is 2.77 bits per heavy atom. The number of rotatable bonds is 9. The van der Waals surface area contributed by atoms with Crippen molar-refractivity contribution in [3.8, 4) is 11.5 Å². The van der Waals surface area contributed by atoms with E-state index in [1.165, 1.54) is 5.56 Å². The van der Waals surface area contributed by atoms with Crippen molar-refractivity contribution in [2.45, 2.75) is 26.2 Å². The summed E-state index contributed by atoms with van der Waals surface area (Å²) in [6.45, 7) is 2.57. The van der Waals surface area contributed by atoms with Crippen LogP contribution in [0.4, 0.5) is 0 Å². The first-order chi connectivity index (χ1) is 12.6. The van der Waals surface area contributed by atoms with E-state index in [0.717, 1.165) is 22.2 Å². The van der Waals surface area contributed by atoms with Gasteiger partial charge in [-0.25, -0.2) is 5.43 Å². The Kier molecular flexibility index (Phi) is 8.15. The van der Waals surface area contributed by atoms with Gasteiger partial charge in [-0.3, -0.25) is 4.79 Å². The van der Waals surface area contributed by atoms with Crippen LogP contribution in [-0.4, -0.2) is 25.8 Å². The number of hydrogen-bond donors (Lipinski definition) is 1. The number of amides is 1. The molecule has 0 radical (unpaired) electrons. The lowest BCUT2D eigenvalue weighted by molar-refractivity contribution is -0.121. The average molecular weight is 419 g/mol. The largest absolute Gasteiger partial charge is 0.496 e. The lowest BCUT2D eigenvalue weighted by Crippen LogP contribution is -2.18. The molecule has 0 atom stereocenters. The van der Waals surface area contributed by atoms with Gasteiger partial charge in [0.25, 0.3) is 0 Å². The van der Waals surface area contributed by atoms with Crippen molar-refractivity contribution in [1.29, 1.82) is 0 Å². The second kappa shape index (κ2) is 10.6. The Bertz CT molecular complexity index is 762. The van der Waals surface area contributed by atoms with Gasteiger partial charge in [-0.2, -0.15) is 5.10 Å². The molecule has 0 aliphatic carbocycles. The molecule has 2 aromatic carbocycles. The Morgan fingerprint density at radius 1 is 1.23 bits per heavy atom. The normalized spacial score (nSPS) is 10.7. The minimum absolute atomic E-state index is 0.153. The van der Waals surface area contributed by atoms with Crippen molar-refractivity contribution < 1.29 is 14.3 Å². The summed E-state index contributed by atoms with van der Waals surface area (Å²) in [4.78, 5) is 11.8. The van der Waals surface area contributed by atoms with Crippen LogP contribution < -0.4 is 14.9 Å². The molecule has 26 heavy (non-hydrogen) atoms. The number of ether oxygens (including phenoxy) is 2. The highest BCUT2D eigenvalue weighted by molar-refractivity contribution is 9.10. The molecule has 0 aromatic heterocycles. The fourth-order valence-electron chi connectivity index (χ4n) is 2.30. The van der Waals surface area contributed by atoms with Crippen molar-refractivity contribution in [3.05, 3.63) is 58.1 Å². The highest BCUT2D eigenvalue weighted by Gasteiger charge is 2.04. The van der Waals surface area contributed by atoms with Gasteiger partial charge in [0.2, 0.25) is 5.91 Å². The maximum absolute atomic E-state index is 11.8. The summed E-state index contributed by atoms with van der Waals surface area (Å²) in [5, 5.41) is 3.97. The van der Waals surface area contributed by atoms with Gasteiger partial charge in [0, 0.05) is 12.0 Å². The molecule has 138 valence electrons. The number of carbonyl (C=O) groups excluding carboxylic acids is 1. The van der Waals surface area contributed by atoms with Gasteiger partial charge in [-0.05, 0) is 58.6 Å². The molecule has 2 rings (SSSR count). The summed E-state index contributed by atoms with van der Waals surface area (Å²) < 4.78 is 11.9. The predicted octanol–water partition coefficient (Wildman–Crippen LogP) is 4.33. The van der Waals surface area contributed by atoms with Crippen LogP contribution in [0, 0.1) is 0 Å². The van der Waals surface area contributed by atoms with Gasteiger partial charge in [-0.15, -0.1) is 0 Å². The molecule has 1 amide bonds. The number of hydrogen-bond acceptors (Lipinski definition) is 4. The number of nitrogens with zero attached hydrogens (tertiary/aromatic N) is 1. The number of methoxy groups -OCH3 is 1. The maximum atomic E-state index is 11.8. The lowest BCUT2D eigenvalue weighted by Gasteiger charge is -2.09. The van der Waals surface area contributed by atoms with Crippen LogP contribution in [0.3, 0.4) is 0 Å². The zero-order valence-electron chi connectivity index (χ0n) is 15.0. The zero-order valence-corrected chi connectivity index (χ0v) is 16.6. The van der Waals surface area contributed by atoms with E-state index in [0.29, 0.717) is 25.2 Å². The van der Waals surface area contributed by atoms with Crippen LogP contribution >= 0.6 is 15.9 Å². The number of aryl methyl sites for hydroxylation is 1. The lowest BCUT2D eigenvalue weighted by atomic mass is 10.2. The number of nitrogens with one attached hydrogen (secondary N) is 1. The van der Waals surface area contributed by atoms with Crippen LogP contribution in [0.2, 0.25) is 0 Å². The number of hydrazone groups is 1. The summed E-state index contributed by atoms with van der Waals surface area (Å²) >= 11 is 3.50. The van der Waals surface area contributed by atoms with E-state index < -0.39 is 0 Å². The second-order valence-electron chi connectivity index (χ2n) is 5.61. The van der Waals surface area contributed by atoms with Crippen LogP contribution in [0.1, 0.15) is 30.9 Å². The highest BCUT2D eigenvalue weighted by Crippen LogP contribution is 2.26. The van der Waals surface area contributed by atoms with Gasteiger partial charge < -0.3 is 9.47 Å². The zero-order chi connectivity index (χ0) is 18.8. The number of benzene rings is 2. The fourth-order valence-corrected chi connectivity index (χ4v) is 2.84. The van der Waals surface area contributed by atoms with Crippen molar-refractivity contribution in [3.63, 3.8) is 0 Å². The molecule has 1 N–H and O–H groups in total. The summed E-state index contributed by atoms with van der Waals surface area (Å²) in [5.41, 5.74) is 4.57. The van der Waals surface area contributed by atoms with Gasteiger partial charge in [0.15, 0.2) is 0 Å². The van der Waals surface area contributed by atoms with Crippen LogP contribution in [-0.2, 0) is 11.2 Å². The molecular formula is C20H23BrN2O3. The first kappa shape index (κ1) is 20.0. The van der Waals surface area contributed by atoms with Crippen molar-refractivity contribution in [2.24, 2.45) is 5.10 Å². The molecule has 0 bridgehead atoms. The standard InChI is InChI=1S/C20H23BrN2O3/c1-3-15-10-11-19(17(21)13-15)26-12-6-9-20(24)23-22-14-16-7-4-5-8-18(16)25-2/h4-5,7-8,10-11,13-14H,3,6,9,12H2,1-2H3,(H,23,24)/b22-14+. The number of carbonyl (C=O) groups is 1. The Labute approximate surface area is 162 Å². The van der Waals surface area contributed by atoms with E-state index in [2.05, 4.69) is 39.4 Å². The van der Waals surface area contributed by atoms with E-state index in [4.69, 9.17) is 9.47 Å². The summed E-state index contributed by atoms with van der Waals surface area (Å²) in [6.07, 6.45) is 3.50. The Hall–Kier alpha value is -2.34. The number of halogens is 1. The predicted molar refractivity (Wildman–Crippen MR) is 107 cm³/mol. The van der Waals surface area contributed by atoms with Crippen molar-refractivity contribution in [1.82, 2.24) is 5.43 Å². The van der Waals surface area contributed by atoms with Gasteiger partial charge in [-0.1, -0.05) is 25.1 Å². The Morgan fingerprint density at radius 2 is 2.04 bits per heavy atom. The molecule has 5 nitrogen and oxygen atoms in total. The van der Waals surface area contributed by atoms with Crippen molar-refractivity contribution in [2.75, 3.05) is 13.7 Å². The highest BCUT2D eigenvalue weighted by atomic mass is 79.9. The monoisotopic (exact) mass is 418 g/mol. The third kappa shape index (κ3) is 6.19. The topological polar surface area (TPSA) is 59.9 Å². The van der Waals surface area contributed by atoms with E-state index in [-0.39, 0.29) is 5.91 Å². The fraction of sp³-hybridized carbons (Fsp3) is 0.300. The van der Waals surface area contributed by atoms with Crippen LogP contribution in [0.5, 0.6) is 11.5 Å². The third-order valence-corrected chi connectivity index (χ3v) is 4.36. The maximum Gasteiger partial charge on any atom is 0.240 e. The summed E-state index contributed by atoms with van der Waals surface area (Å²) in [5.74, 6) is 1.34.